The summed E-state index contributed by atoms with van der Waals surface area (Å²) in [6.07, 6.45) is 3.10. The van der Waals surface area contributed by atoms with Crippen LogP contribution >= 0.6 is 11.6 Å². The molecule has 2 rings (SSSR count). The minimum atomic E-state index is 0.234. The average molecular weight is 309 g/mol. The highest BCUT2D eigenvalue weighted by Crippen LogP contribution is 2.41. The van der Waals surface area contributed by atoms with Crippen molar-refractivity contribution < 1.29 is 4.79 Å². The van der Waals surface area contributed by atoms with Crippen molar-refractivity contribution in [1.82, 2.24) is 10.2 Å². The van der Waals surface area contributed by atoms with Crippen LogP contribution in [0.2, 0.25) is 5.02 Å². The topological polar surface area (TPSA) is 32.3 Å². The fourth-order valence-corrected chi connectivity index (χ4v) is 2.85. The van der Waals surface area contributed by atoms with Crippen LogP contribution in [0.25, 0.3) is 0 Å². The molecule has 1 N–H and O–H groups in total. The molecule has 3 nitrogen and oxygen atoms in total. The van der Waals surface area contributed by atoms with Crippen LogP contribution in [0.1, 0.15) is 44.7 Å². The zero-order valence-corrected chi connectivity index (χ0v) is 13.7. The summed E-state index contributed by atoms with van der Waals surface area (Å²) in [6.45, 7) is 6.36. The average Bonchev–Trinajstić information content (AvgIpc) is 3.31. The second-order valence-corrected chi connectivity index (χ2v) is 6.07. The normalized spacial score (nSPS) is 15.8. The van der Waals surface area contributed by atoms with Gasteiger partial charge in [0.15, 0.2) is 0 Å². The van der Waals surface area contributed by atoms with Crippen LogP contribution in [-0.4, -0.2) is 30.4 Å². The first-order valence-electron chi connectivity index (χ1n) is 7.92. The molecule has 1 unspecified atom stereocenters. The summed E-state index contributed by atoms with van der Waals surface area (Å²) >= 11 is 5.95. The van der Waals surface area contributed by atoms with Crippen molar-refractivity contribution in [3.63, 3.8) is 0 Å². The van der Waals surface area contributed by atoms with E-state index in [-0.39, 0.29) is 5.91 Å². The first kappa shape index (κ1) is 16.3. The van der Waals surface area contributed by atoms with Gasteiger partial charge in [-0.2, -0.15) is 0 Å². The molecule has 1 fully saturated rings. The van der Waals surface area contributed by atoms with Gasteiger partial charge in [-0.25, -0.2) is 0 Å². The lowest BCUT2D eigenvalue weighted by molar-refractivity contribution is -0.130. The summed E-state index contributed by atoms with van der Waals surface area (Å²) in [5.41, 5.74) is 1.28. The number of hydrogen-bond donors (Lipinski definition) is 1. The largest absolute Gasteiger partial charge is 0.343 e. The fourth-order valence-electron chi connectivity index (χ4n) is 2.73. The van der Waals surface area contributed by atoms with E-state index in [2.05, 4.69) is 17.4 Å². The van der Waals surface area contributed by atoms with E-state index in [1.807, 2.05) is 30.9 Å². The fraction of sp³-hybridized carbons (Fsp3) is 0.588. The van der Waals surface area contributed by atoms with Crippen LogP contribution in [0.3, 0.4) is 0 Å². The molecule has 0 heterocycles. The molecule has 0 saturated heterocycles. The number of nitrogens with zero attached hydrogens (tertiary/aromatic N) is 1. The number of carbonyl (C=O) groups excluding carboxylic acids is 1. The minimum absolute atomic E-state index is 0.234. The first-order chi connectivity index (χ1) is 10.2. The number of benzene rings is 1. The predicted octanol–water partition coefficient (Wildman–Crippen LogP) is 3.64. The highest BCUT2D eigenvalue weighted by Gasteiger charge is 2.31. The molecule has 1 atom stereocenters. The van der Waals surface area contributed by atoms with Gasteiger partial charge in [0.1, 0.15) is 0 Å². The van der Waals surface area contributed by atoms with Crippen molar-refractivity contribution in [2.75, 3.05) is 19.6 Å². The standard InChI is InChI=1S/C17H25ClN2O/c1-3-20(4-2)16(21)11-12-19-17(13-5-6-13)14-7-9-15(18)10-8-14/h7-10,13,17,19H,3-6,11-12H2,1-2H3. The third-order valence-electron chi connectivity index (χ3n) is 4.14. The molecule has 116 valence electrons. The van der Waals surface area contributed by atoms with Crippen LogP contribution in [0.5, 0.6) is 0 Å². The van der Waals surface area contributed by atoms with E-state index < -0.39 is 0 Å². The smallest absolute Gasteiger partial charge is 0.223 e. The Kier molecular flexibility index (Phi) is 6.07. The third kappa shape index (κ3) is 4.72. The molecule has 1 saturated carbocycles. The minimum Gasteiger partial charge on any atom is -0.343 e. The van der Waals surface area contributed by atoms with Gasteiger partial charge < -0.3 is 10.2 Å². The van der Waals surface area contributed by atoms with Gasteiger partial charge in [0, 0.05) is 37.1 Å². The molecular weight excluding hydrogens is 284 g/mol. The summed E-state index contributed by atoms with van der Waals surface area (Å²) in [6, 6.07) is 8.41. The Morgan fingerprint density at radius 3 is 2.43 bits per heavy atom. The highest BCUT2D eigenvalue weighted by molar-refractivity contribution is 6.30. The first-order valence-corrected chi connectivity index (χ1v) is 8.30. The van der Waals surface area contributed by atoms with Crippen molar-refractivity contribution in [1.29, 1.82) is 0 Å². The molecule has 4 heteroatoms. The monoisotopic (exact) mass is 308 g/mol. The molecule has 1 aliphatic rings. The molecule has 0 bridgehead atoms. The number of rotatable bonds is 8. The maximum atomic E-state index is 12.0. The van der Waals surface area contributed by atoms with Gasteiger partial charge in [-0.1, -0.05) is 23.7 Å². The van der Waals surface area contributed by atoms with Crippen LogP contribution in [0.15, 0.2) is 24.3 Å². The second-order valence-electron chi connectivity index (χ2n) is 5.64. The third-order valence-corrected chi connectivity index (χ3v) is 4.39. The Morgan fingerprint density at radius 2 is 1.90 bits per heavy atom. The lowest BCUT2D eigenvalue weighted by Crippen LogP contribution is -2.34. The van der Waals surface area contributed by atoms with Gasteiger partial charge in [-0.15, -0.1) is 0 Å². The molecule has 1 aromatic rings. The maximum absolute atomic E-state index is 12.0. The highest BCUT2D eigenvalue weighted by atomic mass is 35.5. The van der Waals surface area contributed by atoms with Crippen LogP contribution in [0.4, 0.5) is 0 Å². The van der Waals surface area contributed by atoms with Gasteiger partial charge in [-0.3, -0.25) is 4.79 Å². The number of hydrogen-bond acceptors (Lipinski definition) is 2. The van der Waals surface area contributed by atoms with Gasteiger partial charge in [0.05, 0.1) is 0 Å². The molecule has 1 aromatic carbocycles. The molecule has 1 amide bonds. The molecule has 0 radical (unpaired) electrons. The number of nitrogens with one attached hydrogen (secondary N) is 1. The maximum Gasteiger partial charge on any atom is 0.223 e. The zero-order chi connectivity index (χ0) is 15.2. The molecule has 21 heavy (non-hydrogen) atoms. The summed E-state index contributed by atoms with van der Waals surface area (Å²) in [5.74, 6) is 0.938. The SMILES string of the molecule is CCN(CC)C(=O)CCNC(c1ccc(Cl)cc1)C1CC1. The van der Waals surface area contributed by atoms with Gasteiger partial charge >= 0.3 is 0 Å². The Balaban J connectivity index is 1.87. The number of amides is 1. The molecule has 0 aliphatic heterocycles. The van der Waals surface area contributed by atoms with E-state index in [4.69, 9.17) is 11.6 Å². The van der Waals surface area contributed by atoms with Crippen LogP contribution < -0.4 is 5.32 Å². The van der Waals surface area contributed by atoms with E-state index in [1.54, 1.807) is 0 Å². The van der Waals surface area contributed by atoms with E-state index in [0.717, 1.165) is 24.7 Å². The summed E-state index contributed by atoms with van der Waals surface area (Å²) in [4.78, 5) is 13.9. The van der Waals surface area contributed by atoms with Gasteiger partial charge in [-0.05, 0) is 50.3 Å². The molecular formula is C17H25ClN2O. The summed E-state index contributed by atoms with van der Waals surface area (Å²) in [5, 5.41) is 4.33. The lowest BCUT2D eigenvalue weighted by atomic mass is 10.0. The quantitative estimate of drug-likeness (QED) is 0.795. The van der Waals surface area contributed by atoms with Crippen molar-refractivity contribution in [3.8, 4) is 0 Å². The van der Waals surface area contributed by atoms with Crippen LogP contribution in [-0.2, 0) is 4.79 Å². The number of carbonyl (C=O) groups is 1. The Labute approximate surface area is 132 Å². The van der Waals surface area contributed by atoms with Gasteiger partial charge in [0.2, 0.25) is 5.91 Å². The molecule has 1 aliphatic carbocycles. The van der Waals surface area contributed by atoms with Crippen molar-refractivity contribution in [3.05, 3.63) is 34.9 Å². The van der Waals surface area contributed by atoms with E-state index in [0.29, 0.717) is 18.4 Å². The predicted molar refractivity (Wildman–Crippen MR) is 87.5 cm³/mol. The van der Waals surface area contributed by atoms with E-state index >= 15 is 0 Å². The molecule has 0 aromatic heterocycles. The Bertz CT molecular complexity index is 452. The lowest BCUT2D eigenvalue weighted by Gasteiger charge is -2.21. The Morgan fingerprint density at radius 1 is 1.29 bits per heavy atom. The van der Waals surface area contributed by atoms with Crippen molar-refractivity contribution in [2.24, 2.45) is 5.92 Å². The zero-order valence-electron chi connectivity index (χ0n) is 12.9. The number of halogens is 1. The summed E-state index contributed by atoms with van der Waals surface area (Å²) < 4.78 is 0. The van der Waals surface area contributed by atoms with E-state index in [1.165, 1.54) is 18.4 Å². The van der Waals surface area contributed by atoms with E-state index in [9.17, 15) is 4.79 Å². The second kappa shape index (κ2) is 7.81. The van der Waals surface area contributed by atoms with Gasteiger partial charge in [0.25, 0.3) is 0 Å². The van der Waals surface area contributed by atoms with Crippen molar-refractivity contribution >= 4 is 17.5 Å². The summed E-state index contributed by atoms with van der Waals surface area (Å²) in [7, 11) is 0. The molecule has 0 spiro atoms. The van der Waals surface area contributed by atoms with Crippen LogP contribution in [0, 0.1) is 5.92 Å². The van der Waals surface area contributed by atoms with Crippen molar-refractivity contribution in [2.45, 2.75) is 39.2 Å². The Hall–Kier alpha value is -1.06.